The van der Waals surface area contributed by atoms with Gasteiger partial charge >= 0.3 is 6.03 Å². The van der Waals surface area contributed by atoms with Gasteiger partial charge in [-0.25, -0.2) is 4.79 Å². The van der Waals surface area contributed by atoms with Crippen LogP contribution in [-0.4, -0.2) is 17.6 Å². The molecule has 0 aliphatic rings. The van der Waals surface area contributed by atoms with Crippen LogP contribution in [0.2, 0.25) is 0 Å². The van der Waals surface area contributed by atoms with E-state index in [2.05, 4.69) is 5.32 Å². The molecule has 1 heterocycles. The average Bonchev–Trinajstić information content (AvgIpc) is 2.80. The molecule has 4 nitrogen and oxygen atoms in total. The highest BCUT2D eigenvalue weighted by Crippen LogP contribution is 2.21. The molecule has 1 aromatic carbocycles. The summed E-state index contributed by atoms with van der Waals surface area (Å²) in [4.78, 5) is 11.3. The van der Waals surface area contributed by atoms with Crippen LogP contribution >= 0.6 is 0 Å². The maximum Gasteiger partial charge on any atom is 0.325 e. The van der Waals surface area contributed by atoms with Gasteiger partial charge in [-0.1, -0.05) is 17.7 Å². The molecule has 0 aliphatic heterocycles. The molecule has 0 saturated carbocycles. The summed E-state index contributed by atoms with van der Waals surface area (Å²) in [6, 6.07) is 9.30. The summed E-state index contributed by atoms with van der Waals surface area (Å²) in [5.74, 6) is 1.39. The van der Waals surface area contributed by atoms with Crippen LogP contribution in [0.1, 0.15) is 5.56 Å². The van der Waals surface area contributed by atoms with Crippen LogP contribution in [0.25, 0.3) is 0 Å². The first-order valence-corrected chi connectivity index (χ1v) is 5.33. The largest absolute Gasteiger partial charge is 0.456 e. The Balaban J connectivity index is 2.11. The molecular weight excluding hydrogens is 216 g/mol. The summed E-state index contributed by atoms with van der Waals surface area (Å²) in [7, 11) is 1.59. The number of aryl methyl sites for hydroxylation is 1. The minimum absolute atomic E-state index is 0.191. The van der Waals surface area contributed by atoms with E-state index in [1.54, 1.807) is 25.5 Å². The molecule has 1 amide bonds. The number of amides is 1. The monoisotopic (exact) mass is 230 g/mol. The van der Waals surface area contributed by atoms with Gasteiger partial charge < -0.3 is 10.1 Å². The fraction of sp³-hybridized carbons (Fsp3) is 0.154. The third-order valence-electron chi connectivity index (χ3n) is 2.37. The first-order valence-electron chi connectivity index (χ1n) is 5.33. The van der Waals surface area contributed by atoms with Gasteiger partial charge in [-0.15, -0.1) is 0 Å². The van der Waals surface area contributed by atoms with Crippen molar-refractivity contribution in [1.29, 1.82) is 0 Å². The highest BCUT2D eigenvalue weighted by atomic mass is 16.5. The van der Waals surface area contributed by atoms with E-state index >= 15 is 0 Å². The van der Waals surface area contributed by atoms with E-state index in [0.717, 1.165) is 5.75 Å². The molecule has 0 saturated heterocycles. The highest BCUT2D eigenvalue weighted by molar-refractivity contribution is 5.76. The van der Waals surface area contributed by atoms with Crippen molar-refractivity contribution in [2.75, 3.05) is 7.05 Å². The number of hydrogen-bond donors (Lipinski definition) is 1. The van der Waals surface area contributed by atoms with Crippen LogP contribution in [0.4, 0.5) is 4.79 Å². The number of aromatic nitrogens is 1. The molecule has 0 fully saturated rings. The van der Waals surface area contributed by atoms with Gasteiger partial charge in [0.15, 0.2) is 0 Å². The maximum atomic E-state index is 11.3. The lowest BCUT2D eigenvalue weighted by Gasteiger charge is -2.03. The van der Waals surface area contributed by atoms with E-state index in [1.807, 2.05) is 31.2 Å². The van der Waals surface area contributed by atoms with Crippen LogP contribution in [0.5, 0.6) is 11.5 Å². The van der Waals surface area contributed by atoms with Gasteiger partial charge in [0.2, 0.25) is 0 Å². The number of hydrogen-bond acceptors (Lipinski definition) is 2. The zero-order chi connectivity index (χ0) is 12.3. The van der Waals surface area contributed by atoms with Gasteiger partial charge in [0.05, 0.1) is 6.20 Å². The first kappa shape index (κ1) is 11.3. The summed E-state index contributed by atoms with van der Waals surface area (Å²) in [6.45, 7) is 2.02. The Hall–Kier alpha value is -2.23. The Labute approximate surface area is 99.8 Å². The molecule has 0 unspecified atom stereocenters. The number of benzene rings is 1. The van der Waals surface area contributed by atoms with E-state index in [4.69, 9.17) is 4.74 Å². The fourth-order valence-electron chi connectivity index (χ4n) is 1.44. The molecule has 17 heavy (non-hydrogen) atoms. The van der Waals surface area contributed by atoms with Crippen LogP contribution in [0.3, 0.4) is 0 Å². The third-order valence-corrected chi connectivity index (χ3v) is 2.37. The average molecular weight is 230 g/mol. The molecule has 4 heteroatoms. The predicted molar refractivity (Wildman–Crippen MR) is 65.5 cm³/mol. The second kappa shape index (κ2) is 4.74. The van der Waals surface area contributed by atoms with Gasteiger partial charge in [-0.2, -0.15) is 0 Å². The second-order valence-corrected chi connectivity index (χ2v) is 3.72. The zero-order valence-electron chi connectivity index (χ0n) is 9.81. The standard InChI is InChI=1S/C13H14N2O2/c1-10-3-5-11(6-4-10)17-12-7-8-15(9-12)13(16)14-2/h3-9H,1-2H3,(H,14,16). The van der Waals surface area contributed by atoms with E-state index in [0.29, 0.717) is 5.75 Å². The zero-order valence-corrected chi connectivity index (χ0v) is 9.81. The number of ether oxygens (including phenoxy) is 1. The van der Waals surface area contributed by atoms with Gasteiger partial charge in [0.1, 0.15) is 11.5 Å². The van der Waals surface area contributed by atoms with Crippen molar-refractivity contribution in [2.24, 2.45) is 0 Å². The molecular formula is C13H14N2O2. The highest BCUT2D eigenvalue weighted by Gasteiger charge is 2.04. The van der Waals surface area contributed by atoms with Crippen molar-refractivity contribution >= 4 is 6.03 Å². The predicted octanol–water partition coefficient (Wildman–Crippen LogP) is 2.78. The van der Waals surface area contributed by atoms with Gasteiger partial charge in [0, 0.05) is 13.2 Å². The van der Waals surface area contributed by atoms with Crippen LogP contribution in [-0.2, 0) is 0 Å². The smallest absolute Gasteiger partial charge is 0.325 e. The van der Waals surface area contributed by atoms with Crippen LogP contribution < -0.4 is 10.1 Å². The van der Waals surface area contributed by atoms with Gasteiger partial charge in [-0.3, -0.25) is 4.57 Å². The number of rotatable bonds is 2. The minimum Gasteiger partial charge on any atom is -0.456 e. The molecule has 1 aromatic heterocycles. The lowest BCUT2D eigenvalue weighted by atomic mass is 10.2. The molecule has 88 valence electrons. The van der Waals surface area contributed by atoms with Crippen molar-refractivity contribution in [2.45, 2.75) is 6.92 Å². The molecule has 2 rings (SSSR count). The Morgan fingerprint density at radius 3 is 2.53 bits per heavy atom. The van der Waals surface area contributed by atoms with E-state index in [-0.39, 0.29) is 6.03 Å². The quantitative estimate of drug-likeness (QED) is 0.862. The fourth-order valence-corrected chi connectivity index (χ4v) is 1.44. The Morgan fingerprint density at radius 2 is 1.88 bits per heavy atom. The summed E-state index contributed by atoms with van der Waals surface area (Å²) < 4.78 is 7.04. The van der Waals surface area contributed by atoms with Crippen molar-refractivity contribution in [3.05, 3.63) is 48.3 Å². The maximum absolute atomic E-state index is 11.3. The number of carbonyl (C=O) groups is 1. The number of carbonyl (C=O) groups excluding carboxylic acids is 1. The van der Waals surface area contributed by atoms with Crippen molar-refractivity contribution < 1.29 is 9.53 Å². The van der Waals surface area contributed by atoms with Gasteiger partial charge in [0.25, 0.3) is 0 Å². The Bertz CT molecular complexity index is 514. The Morgan fingerprint density at radius 1 is 1.18 bits per heavy atom. The molecule has 0 atom stereocenters. The Kier molecular flexibility index (Phi) is 3.14. The number of nitrogens with one attached hydrogen (secondary N) is 1. The minimum atomic E-state index is -0.191. The summed E-state index contributed by atoms with van der Waals surface area (Å²) in [5.41, 5.74) is 1.18. The first-order chi connectivity index (χ1) is 8.19. The number of nitrogens with zero attached hydrogens (tertiary/aromatic N) is 1. The summed E-state index contributed by atoms with van der Waals surface area (Å²) in [6.07, 6.45) is 3.29. The SMILES string of the molecule is CNC(=O)n1ccc(Oc2ccc(C)cc2)c1. The van der Waals surface area contributed by atoms with Crippen molar-refractivity contribution in [3.63, 3.8) is 0 Å². The van der Waals surface area contributed by atoms with Crippen LogP contribution in [0, 0.1) is 6.92 Å². The molecule has 2 aromatic rings. The molecule has 0 radical (unpaired) electrons. The van der Waals surface area contributed by atoms with Crippen LogP contribution in [0.15, 0.2) is 42.7 Å². The van der Waals surface area contributed by atoms with Crippen molar-refractivity contribution in [3.8, 4) is 11.5 Å². The topological polar surface area (TPSA) is 43.3 Å². The summed E-state index contributed by atoms with van der Waals surface area (Å²) in [5, 5.41) is 2.53. The normalized spacial score (nSPS) is 10.0. The van der Waals surface area contributed by atoms with E-state index < -0.39 is 0 Å². The molecule has 0 aliphatic carbocycles. The van der Waals surface area contributed by atoms with Gasteiger partial charge in [-0.05, 0) is 25.1 Å². The summed E-state index contributed by atoms with van der Waals surface area (Å²) >= 11 is 0. The second-order valence-electron chi connectivity index (χ2n) is 3.72. The van der Waals surface area contributed by atoms with E-state index in [1.165, 1.54) is 10.1 Å². The molecule has 0 bridgehead atoms. The lowest BCUT2D eigenvalue weighted by Crippen LogP contribution is -2.22. The molecule has 0 spiro atoms. The third kappa shape index (κ3) is 2.66. The lowest BCUT2D eigenvalue weighted by molar-refractivity contribution is 0.244. The van der Waals surface area contributed by atoms with Crippen molar-refractivity contribution in [1.82, 2.24) is 9.88 Å². The molecule has 1 N–H and O–H groups in total. The van der Waals surface area contributed by atoms with E-state index in [9.17, 15) is 4.79 Å².